The van der Waals surface area contributed by atoms with Crippen molar-refractivity contribution >= 4 is 17.7 Å². The minimum absolute atomic E-state index is 0.155. The molecule has 0 saturated carbocycles. The van der Waals surface area contributed by atoms with Crippen LogP contribution >= 0.6 is 0 Å². The minimum atomic E-state index is -0.155. The Labute approximate surface area is 134 Å². The van der Waals surface area contributed by atoms with Gasteiger partial charge in [0.1, 0.15) is 12.7 Å². The third-order valence-corrected chi connectivity index (χ3v) is 3.26. The fourth-order valence-electron chi connectivity index (χ4n) is 2.11. The summed E-state index contributed by atoms with van der Waals surface area (Å²) in [7, 11) is 0. The second-order valence-electron chi connectivity index (χ2n) is 5.02. The predicted octanol–water partition coefficient (Wildman–Crippen LogP) is 2.98. The second-order valence-corrected chi connectivity index (χ2v) is 5.02. The van der Waals surface area contributed by atoms with E-state index < -0.39 is 0 Å². The van der Waals surface area contributed by atoms with Crippen molar-refractivity contribution in [1.29, 1.82) is 0 Å². The molecular formula is C18H16N4O. The zero-order chi connectivity index (χ0) is 15.9. The molecule has 0 radical (unpaired) electrons. The molecule has 0 fully saturated rings. The zero-order valence-corrected chi connectivity index (χ0v) is 12.5. The summed E-state index contributed by atoms with van der Waals surface area (Å²) >= 11 is 0. The highest BCUT2D eigenvalue weighted by Gasteiger charge is 2.00. The maximum absolute atomic E-state index is 11.9. The number of benzene rings is 2. The molecule has 0 saturated heterocycles. The van der Waals surface area contributed by atoms with Crippen molar-refractivity contribution in [3.63, 3.8) is 0 Å². The number of carbonyl (C=O) groups excluding carboxylic acids is 1. The van der Waals surface area contributed by atoms with E-state index in [1.165, 1.54) is 12.4 Å². The van der Waals surface area contributed by atoms with Gasteiger partial charge in [-0.1, -0.05) is 42.5 Å². The number of aromatic nitrogens is 3. The van der Waals surface area contributed by atoms with E-state index in [0.29, 0.717) is 6.54 Å². The number of carbonyl (C=O) groups is 1. The second kappa shape index (κ2) is 7.17. The van der Waals surface area contributed by atoms with Gasteiger partial charge < -0.3 is 5.32 Å². The van der Waals surface area contributed by atoms with Crippen molar-refractivity contribution in [1.82, 2.24) is 14.8 Å². The van der Waals surface area contributed by atoms with Crippen LogP contribution < -0.4 is 5.32 Å². The number of amides is 1. The van der Waals surface area contributed by atoms with Gasteiger partial charge in [-0.15, -0.1) is 0 Å². The monoisotopic (exact) mass is 304 g/mol. The van der Waals surface area contributed by atoms with Crippen LogP contribution in [0.3, 0.4) is 0 Å². The van der Waals surface area contributed by atoms with Crippen LogP contribution in [-0.4, -0.2) is 20.7 Å². The molecule has 1 heterocycles. The summed E-state index contributed by atoms with van der Waals surface area (Å²) in [6, 6.07) is 17.4. The molecule has 1 amide bonds. The summed E-state index contributed by atoms with van der Waals surface area (Å²) in [6.07, 6.45) is 6.49. The van der Waals surface area contributed by atoms with E-state index in [9.17, 15) is 4.79 Å². The Kier molecular flexibility index (Phi) is 4.59. The Morgan fingerprint density at radius 3 is 2.57 bits per heavy atom. The Morgan fingerprint density at radius 2 is 1.87 bits per heavy atom. The number of hydrogen-bond acceptors (Lipinski definition) is 3. The molecule has 1 N–H and O–H groups in total. The maximum atomic E-state index is 11.9. The largest absolute Gasteiger partial charge is 0.323 e. The SMILES string of the molecule is O=C(/C=C/c1ccccc1)Nc1ccc(Cn2cncn2)cc1. The highest BCUT2D eigenvalue weighted by molar-refractivity contribution is 6.01. The van der Waals surface area contributed by atoms with Crippen LogP contribution in [-0.2, 0) is 11.3 Å². The van der Waals surface area contributed by atoms with E-state index in [0.717, 1.165) is 16.8 Å². The number of rotatable bonds is 5. The molecule has 23 heavy (non-hydrogen) atoms. The molecule has 114 valence electrons. The van der Waals surface area contributed by atoms with Crippen LogP contribution in [0.25, 0.3) is 6.08 Å². The highest BCUT2D eigenvalue weighted by Crippen LogP contribution is 2.11. The van der Waals surface area contributed by atoms with E-state index in [-0.39, 0.29) is 5.91 Å². The molecule has 5 heteroatoms. The van der Waals surface area contributed by atoms with Crippen LogP contribution in [0.5, 0.6) is 0 Å². The summed E-state index contributed by atoms with van der Waals surface area (Å²) in [6.45, 7) is 0.655. The van der Waals surface area contributed by atoms with Gasteiger partial charge in [0.15, 0.2) is 0 Å². The predicted molar refractivity (Wildman–Crippen MR) is 89.7 cm³/mol. The lowest BCUT2D eigenvalue weighted by atomic mass is 10.2. The molecule has 1 aromatic heterocycles. The summed E-state index contributed by atoms with van der Waals surface area (Å²) in [5, 5.41) is 6.90. The van der Waals surface area contributed by atoms with Crippen molar-refractivity contribution < 1.29 is 4.79 Å². The van der Waals surface area contributed by atoms with Crippen LogP contribution in [0.1, 0.15) is 11.1 Å². The summed E-state index contributed by atoms with van der Waals surface area (Å²) in [5.41, 5.74) is 2.84. The molecule has 5 nitrogen and oxygen atoms in total. The van der Waals surface area contributed by atoms with Crippen LogP contribution in [0.2, 0.25) is 0 Å². The number of anilines is 1. The smallest absolute Gasteiger partial charge is 0.248 e. The average molecular weight is 304 g/mol. The molecule has 3 aromatic rings. The fourth-order valence-corrected chi connectivity index (χ4v) is 2.11. The molecule has 0 bridgehead atoms. The first-order valence-electron chi connectivity index (χ1n) is 7.25. The first-order chi connectivity index (χ1) is 11.3. The van der Waals surface area contributed by atoms with Crippen molar-refractivity contribution in [2.75, 3.05) is 5.32 Å². The molecule has 3 rings (SSSR count). The van der Waals surface area contributed by atoms with E-state index in [4.69, 9.17) is 0 Å². The number of nitrogens with one attached hydrogen (secondary N) is 1. The van der Waals surface area contributed by atoms with Crippen LogP contribution in [0, 0.1) is 0 Å². The normalized spacial score (nSPS) is 10.8. The van der Waals surface area contributed by atoms with Crippen LogP contribution in [0.4, 0.5) is 5.69 Å². The van der Waals surface area contributed by atoms with Gasteiger partial charge in [0, 0.05) is 11.8 Å². The van der Waals surface area contributed by atoms with E-state index >= 15 is 0 Å². The molecule has 0 aliphatic rings. The standard InChI is InChI=1S/C18H16N4O/c23-18(11-8-15-4-2-1-3-5-15)21-17-9-6-16(7-10-17)12-22-14-19-13-20-22/h1-11,13-14H,12H2,(H,21,23)/b11-8+. The number of hydrogen-bond donors (Lipinski definition) is 1. The first kappa shape index (κ1) is 14.7. The Bertz CT molecular complexity index is 778. The molecule has 0 spiro atoms. The van der Waals surface area contributed by atoms with Gasteiger partial charge in [-0.2, -0.15) is 5.10 Å². The van der Waals surface area contributed by atoms with E-state index in [2.05, 4.69) is 15.4 Å². The fraction of sp³-hybridized carbons (Fsp3) is 0.0556. The van der Waals surface area contributed by atoms with Crippen molar-refractivity contribution in [3.05, 3.63) is 84.5 Å². The zero-order valence-electron chi connectivity index (χ0n) is 12.5. The quantitative estimate of drug-likeness (QED) is 0.737. The lowest BCUT2D eigenvalue weighted by molar-refractivity contribution is -0.111. The molecule has 2 aromatic carbocycles. The Balaban J connectivity index is 1.57. The summed E-state index contributed by atoms with van der Waals surface area (Å²) < 4.78 is 1.75. The molecule has 0 aliphatic carbocycles. The van der Waals surface area contributed by atoms with Gasteiger partial charge >= 0.3 is 0 Å². The summed E-state index contributed by atoms with van der Waals surface area (Å²) in [5.74, 6) is -0.155. The third-order valence-electron chi connectivity index (χ3n) is 3.26. The summed E-state index contributed by atoms with van der Waals surface area (Å²) in [4.78, 5) is 15.8. The van der Waals surface area contributed by atoms with Crippen molar-refractivity contribution in [3.8, 4) is 0 Å². The number of nitrogens with zero attached hydrogens (tertiary/aromatic N) is 3. The van der Waals surface area contributed by atoms with Crippen LogP contribution in [0.15, 0.2) is 73.3 Å². The first-order valence-corrected chi connectivity index (χ1v) is 7.25. The highest BCUT2D eigenvalue weighted by atomic mass is 16.1. The lowest BCUT2D eigenvalue weighted by Crippen LogP contribution is -2.08. The lowest BCUT2D eigenvalue weighted by Gasteiger charge is -2.05. The topological polar surface area (TPSA) is 59.8 Å². The Morgan fingerprint density at radius 1 is 1.09 bits per heavy atom. The van der Waals surface area contributed by atoms with E-state index in [1.807, 2.05) is 54.6 Å². The van der Waals surface area contributed by atoms with Gasteiger partial charge in [0.05, 0.1) is 6.54 Å². The molecule has 0 atom stereocenters. The third kappa shape index (κ3) is 4.38. The molecule has 0 aliphatic heterocycles. The molecule has 0 unspecified atom stereocenters. The van der Waals surface area contributed by atoms with Gasteiger partial charge in [-0.3, -0.25) is 4.79 Å². The average Bonchev–Trinajstić information content (AvgIpc) is 3.09. The van der Waals surface area contributed by atoms with Gasteiger partial charge in [0.25, 0.3) is 0 Å². The minimum Gasteiger partial charge on any atom is -0.323 e. The van der Waals surface area contributed by atoms with E-state index in [1.54, 1.807) is 17.1 Å². The molecular weight excluding hydrogens is 288 g/mol. The van der Waals surface area contributed by atoms with Crippen molar-refractivity contribution in [2.24, 2.45) is 0 Å². The maximum Gasteiger partial charge on any atom is 0.248 e. The van der Waals surface area contributed by atoms with Gasteiger partial charge in [-0.05, 0) is 29.3 Å². The Hall–Kier alpha value is -3.21. The van der Waals surface area contributed by atoms with Crippen molar-refractivity contribution in [2.45, 2.75) is 6.54 Å². The van der Waals surface area contributed by atoms with Gasteiger partial charge in [0.2, 0.25) is 5.91 Å². The van der Waals surface area contributed by atoms with Gasteiger partial charge in [-0.25, -0.2) is 9.67 Å².